The van der Waals surface area contributed by atoms with Crippen LogP contribution < -0.4 is 0 Å². The molecule has 0 unspecified atom stereocenters. The number of rotatable bonds is 5. The summed E-state index contributed by atoms with van der Waals surface area (Å²) in [5, 5.41) is 0.784. The van der Waals surface area contributed by atoms with Gasteiger partial charge < -0.3 is 4.90 Å². The Kier molecular flexibility index (Phi) is 5.39. The highest BCUT2D eigenvalue weighted by Crippen LogP contribution is 2.17. The lowest BCUT2D eigenvalue weighted by Gasteiger charge is -2.34. The zero-order valence-corrected chi connectivity index (χ0v) is 13.3. The van der Waals surface area contributed by atoms with Crippen molar-refractivity contribution in [2.24, 2.45) is 0 Å². The van der Waals surface area contributed by atoms with Gasteiger partial charge in [-0.1, -0.05) is 40.2 Å². The summed E-state index contributed by atoms with van der Waals surface area (Å²) in [4.78, 5) is 14.0. The Bertz CT molecular complexity index is 415. The summed E-state index contributed by atoms with van der Waals surface area (Å²) in [6.07, 6.45) is 1.38. The van der Waals surface area contributed by atoms with Crippen molar-refractivity contribution in [2.45, 2.75) is 39.2 Å². The Morgan fingerprint density at radius 2 is 1.94 bits per heavy atom. The van der Waals surface area contributed by atoms with Crippen LogP contribution in [0.1, 0.15) is 31.4 Å². The van der Waals surface area contributed by atoms with Gasteiger partial charge in [0.15, 0.2) is 0 Å². The summed E-state index contributed by atoms with van der Waals surface area (Å²) in [6.45, 7) is 6.22. The fraction of sp³-hybridized carbons (Fsp3) is 0.533. The zero-order valence-electron chi connectivity index (χ0n) is 11.7. The number of aryl methyl sites for hydroxylation is 2. The molecular formula is C15H22BrNO. The van der Waals surface area contributed by atoms with Crippen LogP contribution in [0.2, 0.25) is 0 Å². The molecule has 0 aliphatic carbocycles. The normalized spacial score (nSPS) is 11.4. The first-order valence-corrected chi connectivity index (χ1v) is 7.38. The van der Waals surface area contributed by atoms with E-state index in [0.717, 1.165) is 11.8 Å². The molecule has 100 valence electrons. The molecule has 1 amide bonds. The van der Waals surface area contributed by atoms with E-state index in [4.69, 9.17) is 0 Å². The quantitative estimate of drug-likeness (QED) is 0.761. The van der Waals surface area contributed by atoms with E-state index in [-0.39, 0.29) is 11.4 Å². The van der Waals surface area contributed by atoms with E-state index in [1.807, 2.05) is 24.1 Å². The predicted molar refractivity (Wildman–Crippen MR) is 80.1 cm³/mol. The molecule has 0 saturated heterocycles. The highest BCUT2D eigenvalue weighted by molar-refractivity contribution is 9.09. The van der Waals surface area contributed by atoms with Gasteiger partial charge in [-0.3, -0.25) is 4.79 Å². The molecule has 3 heteroatoms. The number of benzene rings is 1. The van der Waals surface area contributed by atoms with Gasteiger partial charge in [-0.2, -0.15) is 0 Å². The maximum absolute atomic E-state index is 12.1. The predicted octanol–water partition coefficient (Wildman–Crippen LogP) is 3.56. The van der Waals surface area contributed by atoms with E-state index in [9.17, 15) is 4.79 Å². The Morgan fingerprint density at radius 1 is 1.33 bits per heavy atom. The first-order valence-electron chi connectivity index (χ1n) is 6.25. The summed E-state index contributed by atoms with van der Waals surface area (Å²) in [7, 11) is 1.88. The number of hydrogen-bond acceptors (Lipinski definition) is 1. The molecule has 0 radical (unpaired) electrons. The van der Waals surface area contributed by atoms with Gasteiger partial charge in [0, 0.05) is 24.3 Å². The lowest BCUT2D eigenvalue weighted by atomic mass is 10.0. The van der Waals surface area contributed by atoms with E-state index in [1.54, 1.807) is 0 Å². The van der Waals surface area contributed by atoms with Crippen LogP contribution in [0, 0.1) is 6.92 Å². The average molecular weight is 312 g/mol. The van der Waals surface area contributed by atoms with E-state index in [2.05, 4.69) is 48.8 Å². The van der Waals surface area contributed by atoms with Crippen molar-refractivity contribution < 1.29 is 4.79 Å². The number of nitrogens with zero attached hydrogens (tertiary/aromatic N) is 1. The minimum Gasteiger partial charge on any atom is -0.340 e. The average Bonchev–Trinajstić information content (AvgIpc) is 2.36. The molecule has 0 saturated carbocycles. The second-order valence-corrected chi connectivity index (χ2v) is 5.89. The second-order valence-electron chi connectivity index (χ2n) is 5.33. The summed E-state index contributed by atoms with van der Waals surface area (Å²) < 4.78 is 0. The molecule has 2 nitrogen and oxygen atoms in total. The Labute approximate surface area is 119 Å². The van der Waals surface area contributed by atoms with Crippen molar-refractivity contribution in [1.29, 1.82) is 0 Å². The molecule has 0 aliphatic heterocycles. The van der Waals surface area contributed by atoms with Crippen LogP contribution in [0.3, 0.4) is 0 Å². The van der Waals surface area contributed by atoms with Crippen LogP contribution in [-0.2, 0) is 11.2 Å². The van der Waals surface area contributed by atoms with Crippen LogP contribution in [0.25, 0.3) is 0 Å². The second kappa shape index (κ2) is 6.37. The fourth-order valence-electron chi connectivity index (χ4n) is 1.73. The number of carbonyl (C=O) groups is 1. The van der Waals surface area contributed by atoms with Gasteiger partial charge in [0.25, 0.3) is 0 Å². The molecule has 1 aromatic carbocycles. The summed E-state index contributed by atoms with van der Waals surface area (Å²) in [5.41, 5.74) is 2.38. The van der Waals surface area contributed by atoms with E-state index in [0.29, 0.717) is 6.42 Å². The summed E-state index contributed by atoms with van der Waals surface area (Å²) in [5.74, 6) is 0.197. The zero-order chi connectivity index (χ0) is 13.8. The van der Waals surface area contributed by atoms with Crippen molar-refractivity contribution >= 4 is 21.8 Å². The van der Waals surface area contributed by atoms with Crippen molar-refractivity contribution in [1.82, 2.24) is 4.90 Å². The molecule has 1 rings (SSSR count). The van der Waals surface area contributed by atoms with Crippen LogP contribution in [0.15, 0.2) is 24.3 Å². The first kappa shape index (κ1) is 15.2. The highest BCUT2D eigenvalue weighted by atomic mass is 79.9. The van der Waals surface area contributed by atoms with Crippen LogP contribution in [0.4, 0.5) is 0 Å². The molecule has 18 heavy (non-hydrogen) atoms. The third kappa shape index (κ3) is 3.84. The monoisotopic (exact) mass is 311 g/mol. The molecule has 1 aromatic rings. The lowest BCUT2D eigenvalue weighted by Crippen LogP contribution is -2.46. The molecule has 0 atom stereocenters. The van der Waals surface area contributed by atoms with Crippen LogP contribution in [-0.4, -0.2) is 28.7 Å². The Morgan fingerprint density at radius 3 is 2.50 bits per heavy atom. The Hall–Kier alpha value is -0.830. The molecule has 0 fully saturated rings. The Balaban J connectivity index is 2.59. The number of hydrogen-bond donors (Lipinski definition) is 0. The van der Waals surface area contributed by atoms with Crippen molar-refractivity contribution in [3.8, 4) is 0 Å². The maximum Gasteiger partial charge on any atom is 0.223 e. The summed E-state index contributed by atoms with van der Waals surface area (Å²) >= 11 is 3.45. The third-order valence-corrected chi connectivity index (χ3v) is 4.85. The number of amides is 1. The number of carbonyl (C=O) groups excluding carboxylic acids is 1. The molecule has 0 aromatic heterocycles. The molecule has 0 aliphatic rings. The largest absolute Gasteiger partial charge is 0.340 e. The molecular weight excluding hydrogens is 290 g/mol. The minimum atomic E-state index is -0.136. The minimum absolute atomic E-state index is 0.136. The smallest absolute Gasteiger partial charge is 0.223 e. The lowest BCUT2D eigenvalue weighted by molar-refractivity contribution is -0.133. The molecule has 0 N–H and O–H groups in total. The fourth-order valence-corrected chi connectivity index (χ4v) is 2.10. The van der Waals surface area contributed by atoms with Gasteiger partial charge in [0.1, 0.15) is 0 Å². The van der Waals surface area contributed by atoms with Crippen LogP contribution in [0.5, 0.6) is 0 Å². The molecule has 0 heterocycles. The SMILES string of the molecule is Cc1ccccc1CCC(=O)N(C)C(C)(C)CBr. The van der Waals surface area contributed by atoms with Gasteiger partial charge in [-0.15, -0.1) is 0 Å². The van der Waals surface area contributed by atoms with E-state index < -0.39 is 0 Å². The van der Waals surface area contributed by atoms with Crippen LogP contribution >= 0.6 is 15.9 Å². The number of alkyl halides is 1. The van der Waals surface area contributed by atoms with Gasteiger partial charge in [-0.05, 0) is 38.3 Å². The van der Waals surface area contributed by atoms with Gasteiger partial charge >= 0.3 is 0 Å². The topological polar surface area (TPSA) is 20.3 Å². The van der Waals surface area contributed by atoms with Gasteiger partial charge in [-0.25, -0.2) is 0 Å². The van der Waals surface area contributed by atoms with E-state index in [1.165, 1.54) is 11.1 Å². The standard InChI is InChI=1S/C15H22BrNO/c1-12-7-5-6-8-13(12)9-10-14(18)17(4)15(2,3)11-16/h5-8H,9-11H2,1-4H3. The molecule has 0 bridgehead atoms. The molecule has 0 spiro atoms. The van der Waals surface area contributed by atoms with Crippen molar-refractivity contribution in [3.05, 3.63) is 35.4 Å². The van der Waals surface area contributed by atoms with Gasteiger partial charge in [0.2, 0.25) is 5.91 Å². The first-order chi connectivity index (χ1) is 8.38. The van der Waals surface area contributed by atoms with Crippen molar-refractivity contribution in [2.75, 3.05) is 12.4 Å². The maximum atomic E-state index is 12.1. The van der Waals surface area contributed by atoms with Crippen molar-refractivity contribution in [3.63, 3.8) is 0 Å². The van der Waals surface area contributed by atoms with Gasteiger partial charge in [0.05, 0.1) is 0 Å². The number of halogens is 1. The summed E-state index contributed by atoms with van der Waals surface area (Å²) in [6, 6.07) is 8.24. The van der Waals surface area contributed by atoms with E-state index >= 15 is 0 Å². The highest BCUT2D eigenvalue weighted by Gasteiger charge is 2.25. The third-order valence-electron chi connectivity index (χ3n) is 3.48.